The number of aryl methyl sites for hydroxylation is 4. The Bertz CT molecular complexity index is 883. The molecule has 3 rings (SSSR count). The first-order valence-corrected chi connectivity index (χ1v) is 9.82. The van der Waals surface area contributed by atoms with E-state index in [2.05, 4.69) is 20.5 Å². The highest BCUT2D eigenvalue weighted by Gasteiger charge is 2.35. The van der Waals surface area contributed by atoms with Crippen molar-refractivity contribution in [3.8, 4) is 0 Å². The van der Waals surface area contributed by atoms with Crippen molar-refractivity contribution >= 4 is 11.8 Å². The third kappa shape index (κ3) is 5.00. The Balaban J connectivity index is 1.61. The number of hydrogen-bond donors (Lipinski definition) is 2. The van der Waals surface area contributed by atoms with E-state index in [4.69, 9.17) is 4.74 Å². The summed E-state index contributed by atoms with van der Waals surface area (Å²) in [6.07, 6.45) is 0.309. The minimum absolute atomic E-state index is 0.0365. The summed E-state index contributed by atoms with van der Waals surface area (Å²) in [5, 5.41) is 9.99. The van der Waals surface area contributed by atoms with Gasteiger partial charge in [0.1, 0.15) is 11.3 Å². The number of aromatic amines is 1. The summed E-state index contributed by atoms with van der Waals surface area (Å²) in [4.78, 5) is 31.4. The van der Waals surface area contributed by atoms with Crippen LogP contribution in [0.25, 0.3) is 0 Å². The van der Waals surface area contributed by atoms with Gasteiger partial charge in [0.05, 0.1) is 25.3 Å². The van der Waals surface area contributed by atoms with Gasteiger partial charge in [-0.1, -0.05) is 0 Å². The average molecular weight is 399 g/mol. The van der Waals surface area contributed by atoms with E-state index in [0.717, 1.165) is 28.2 Å². The van der Waals surface area contributed by atoms with Crippen molar-refractivity contribution in [3.63, 3.8) is 0 Å². The van der Waals surface area contributed by atoms with E-state index in [0.29, 0.717) is 38.4 Å². The number of aromatic nitrogens is 3. The highest BCUT2D eigenvalue weighted by atomic mass is 16.5. The summed E-state index contributed by atoms with van der Waals surface area (Å²) >= 11 is 0. The van der Waals surface area contributed by atoms with Gasteiger partial charge in [-0.3, -0.25) is 14.7 Å². The third-order valence-corrected chi connectivity index (χ3v) is 5.25. The third-order valence-electron chi connectivity index (χ3n) is 5.25. The summed E-state index contributed by atoms with van der Waals surface area (Å²) in [7, 11) is 0. The molecule has 2 amide bonds. The zero-order valence-corrected chi connectivity index (χ0v) is 17.8. The van der Waals surface area contributed by atoms with Gasteiger partial charge in [-0.05, 0) is 52.3 Å². The molecule has 1 saturated heterocycles. The number of morpholine rings is 1. The Kier molecular flexibility index (Phi) is 6.02. The molecule has 156 valence electrons. The van der Waals surface area contributed by atoms with Gasteiger partial charge in [0, 0.05) is 30.0 Å². The largest absolute Gasteiger partial charge is 0.370 e. The van der Waals surface area contributed by atoms with Gasteiger partial charge in [0.2, 0.25) is 5.91 Å². The number of nitrogens with one attached hydrogen (secondary N) is 2. The molecular formula is C21H29N5O3. The second-order valence-electron chi connectivity index (χ2n) is 8.06. The monoisotopic (exact) mass is 399 g/mol. The van der Waals surface area contributed by atoms with Crippen LogP contribution in [-0.2, 0) is 16.0 Å². The highest BCUT2D eigenvalue weighted by Crippen LogP contribution is 2.19. The van der Waals surface area contributed by atoms with E-state index in [1.807, 2.05) is 40.7 Å². The lowest BCUT2D eigenvalue weighted by Gasteiger charge is -2.40. The van der Waals surface area contributed by atoms with Crippen LogP contribution in [0.15, 0.2) is 12.1 Å². The molecule has 1 aliphatic rings. The summed E-state index contributed by atoms with van der Waals surface area (Å²) in [5.74, 6) is -0.204. The minimum Gasteiger partial charge on any atom is -0.370 e. The fraction of sp³-hybridized carbons (Fsp3) is 0.524. The molecule has 8 heteroatoms. The first kappa shape index (κ1) is 21.0. The van der Waals surface area contributed by atoms with Crippen LogP contribution in [0.1, 0.15) is 45.6 Å². The predicted molar refractivity (Wildman–Crippen MR) is 109 cm³/mol. The van der Waals surface area contributed by atoms with Crippen LogP contribution in [0.5, 0.6) is 0 Å². The van der Waals surface area contributed by atoms with Crippen LogP contribution in [-0.4, -0.2) is 63.7 Å². The Morgan fingerprint density at radius 1 is 1.28 bits per heavy atom. The lowest BCUT2D eigenvalue weighted by Crippen LogP contribution is -2.57. The lowest BCUT2D eigenvalue weighted by molar-refractivity contribution is -0.146. The van der Waals surface area contributed by atoms with Crippen LogP contribution in [0.2, 0.25) is 0 Å². The van der Waals surface area contributed by atoms with E-state index in [1.165, 1.54) is 0 Å². The molecule has 1 atom stereocenters. The van der Waals surface area contributed by atoms with Crippen LogP contribution in [0.3, 0.4) is 0 Å². The molecule has 3 heterocycles. The van der Waals surface area contributed by atoms with Gasteiger partial charge >= 0.3 is 0 Å². The van der Waals surface area contributed by atoms with Crippen LogP contribution in [0.4, 0.5) is 0 Å². The normalized spacial score (nSPS) is 19.3. The maximum atomic E-state index is 12.8. The van der Waals surface area contributed by atoms with Gasteiger partial charge in [-0.15, -0.1) is 0 Å². The number of pyridine rings is 1. The van der Waals surface area contributed by atoms with Gasteiger partial charge in [-0.25, -0.2) is 4.98 Å². The average Bonchev–Trinajstić information content (AvgIpc) is 2.97. The maximum absolute atomic E-state index is 12.8. The second-order valence-corrected chi connectivity index (χ2v) is 8.06. The molecular weight excluding hydrogens is 370 g/mol. The molecule has 8 nitrogen and oxygen atoms in total. The summed E-state index contributed by atoms with van der Waals surface area (Å²) in [6.45, 7) is 11.2. The molecule has 0 saturated carbocycles. The molecule has 0 spiro atoms. The summed E-state index contributed by atoms with van der Waals surface area (Å²) < 4.78 is 5.91. The van der Waals surface area contributed by atoms with Crippen LogP contribution >= 0.6 is 0 Å². The van der Waals surface area contributed by atoms with Crippen molar-refractivity contribution < 1.29 is 14.3 Å². The van der Waals surface area contributed by atoms with Crippen molar-refractivity contribution in [1.29, 1.82) is 0 Å². The molecule has 1 fully saturated rings. The molecule has 2 aromatic rings. The van der Waals surface area contributed by atoms with E-state index in [1.54, 1.807) is 11.0 Å². The van der Waals surface area contributed by atoms with E-state index in [9.17, 15) is 9.59 Å². The lowest BCUT2D eigenvalue weighted by atomic mass is 10.0. The number of H-pyrrole nitrogens is 1. The zero-order valence-electron chi connectivity index (χ0n) is 17.8. The number of carbonyl (C=O) groups excluding carboxylic acids is 2. The van der Waals surface area contributed by atoms with Crippen LogP contribution < -0.4 is 5.32 Å². The standard InChI is InChI=1S/C21H29N5O3/c1-13-8-14(2)23-18(9-13)20(28)22-11-21(5)12-26(6-7-29-21)19(27)10-17-15(3)24-25-16(17)4/h8-9H,6-7,10-12H2,1-5H3,(H,22,28)(H,24,25). The Morgan fingerprint density at radius 2 is 2.03 bits per heavy atom. The number of carbonyl (C=O) groups is 2. The van der Waals surface area contributed by atoms with E-state index >= 15 is 0 Å². The van der Waals surface area contributed by atoms with Gasteiger partial charge in [-0.2, -0.15) is 5.10 Å². The fourth-order valence-electron chi connectivity index (χ4n) is 3.66. The molecule has 2 aromatic heterocycles. The molecule has 0 radical (unpaired) electrons. The summed E-state index contributed by atoms with van der Waals surface area (Å²) in [6, 6.07) is 3.69. The molecule has 1 aliphatic heterocycles. The Morgan fingerprint density at radius 3 is 2.69 bits per heavy atom. The number of amides is 2. The van der Waals surface area contributed by atoms with Gasteiger partial charge in [0.25, 0.3) is 5.91 Å². The van der Waals surface area contributed by atoms with E-state index < -0.39 is 5.60 Å². The van der Waals surface area contributed by atoms with Crippen molar-refractivity contribution in [1.82, 2.24) is 25.4 Å². The first-order chi connectivity index (χ1) is 13.7. The van der Waals surface area contributed by atoms with Gasteiger partial charge < -0.3 is 15.0 Å². The molecule has 0 bridgehead atoms. The fourth-order valence-corrected chi connectivity index (χ4v) is 3.66. The van der Waals surface area contributed by atoms with Crippen LogP contribution in [0, 0.1) is 27.7 Å². The first-order valence-electron chi connectivity index (χ1n) is 9.82. The van der Waals surface area contributed by atoms with Crippen molar-refractivity contribution in [2.24, 2.45) is 0 Å². The molecule has 2 N–H and O–H groups in total. The number of hydrogen-bond acceptors (Lipinski definition) is 5. The molecule has 29 heavy (non-hydrogen) atoms. The molecule has 0 aliphatic carbocycles. The van der Waals surface area contributed by atoms with E-state index in [-0.39, 0.29) is 11.8 Å². The number of ether oxygens (including phenoxy) is 1. The predicted octanol–water partition coefficient (Wildman–Crippen LogP) is 1.63. The van der Waals surface area contributed by atoms with Gasteiger partial charge in [0.15, 0.2) is 0 Å². The second kappa shape index (κ2) is 8.32. The Labute approximate surface area is 171 Å². The minimum atomic E-state index is -0.650. The number of rotatable bonds is 5. The number of nitrogens with zero attached hydrogens (tertiary/aromatic N) is 3. The smallest absolute Gasteiger partial charge is 0.269 e. The highest BCUT2D eigenvalue weighted by molar-refractivity contribution is 5.92. The maximum Gasteiger partial charge on any atom is 0.269 e. The van der Waals surface area contributed by atoms with Crippen molar-refractivity contribution in [2.75, 3.05) is 26.2 Å². The topological polar surface area (TPSA) is 100 Å². The zero-order chi connectivity index (χ0) is 21.2. The summed E-state index contributed by atoms with van der Waals surface area (Å²) in [5.41, 5.74) is 4.24. The molecule has 0 aromatic carbocycles. The van der Waals surface area contributed by atoms with Crippen molar-refractivity contribution in [2.45, 2.75) is 46.6 Å². The van der Waals surface area contributed by atoms with Crippen molar-refractivity contribution in [3.05, 3.63) is 46.0 Å². The SMILES string of the molecule is Cc1cc(C)nc(C(=O)NCC2(C)CN(C(=O)Cc3c(C)n[nH]c3C)CCO2)c1. The Hall–Kier alpha value is -2.74. The molecule has 1 unspecified atom stereocenters. The quantitative estimate of drug-likeness (QED) is 0.796.